The van der Waals surface area contributed by atoms with Crippen molar-refractivity contribution >= 4 is 27.5 Å². The second-order valence-electron chi connectivity index (χ2n) is 4.69. The van der Waals surface area contributed by atoms with Crippen LogP contribution in [0.3, 0.4) is 0 Å². The van der Waals surface area contributed by atoms with Crippen LogP contribution in [-0.4, -0.2) is 17.5 Å². The van der Waals surface area contributed by atoms with Crippen molar-refractivity contribution in [3.05, 3.63) is 59.1 Å². The first-order valence-corrected chi connectivity index (χ1v) is 7.61. The van der Waals surface area contributed by atoms with Crippen molar-refractivity contribution in [1.29, 1.82) is 0 Å². The van der Waals surface area contributed by atoms with Gasteiger partial charge >= 0.3 is 6.61 Å². The summed E-state index contributed by atoms with van der Waals surface area (Å²) in [7, 11) is 0. The molecule has 23 heavy (non-hydrogen) atoms. The van der Waals surface area contributed by atoms with E-state index in [1.807, 2.05) is 24.3 Å². The number of carbonyl (C=O) groups excluding carboxylic acids is 1. The number of nitrogens with one attached hydrogen (secondary N) is 1. The summed E-state index contributed by atoms with van der Waals surface area (Å²) in [4.78, 5) is 16.4. The number of amides is 1. The lowest BCUT2D eigenvalue weighted by molar-refractivity contribution is -0.0498. The van der Waals surface area contributed by atoms with Crippen molar-refractivity contribution in [3.8, 4) is 5.75 Å². The minimum absolute atomic E-state index is 0.0845. The molecule has 0 unspecified atom stereocenters. The summed E-state index contributed by atoms with van der Waals surface area (Å²) < 4.78 is 29.3. The highest BCUT2D eigenvalue weighted by atomic mass is 32.1. The number of hydrogen-bond acceptors (Lipinski definition) is 4. The van der Waals surface area contributed by atoms with E-state index in [0.29, 0.717) is 5.01 Å². The maximum absolute atomic E-state index is 12.1. The molecule has 4 nitrogen and oxygen atoms in total. The van der Waals surface area contributed by atoms with E-state index in [0.717, 1.165) is 15.8 Å². The highest BCUT2D eigenvalue weighted by Crippen LogP contribution is 2.21. The lowest BCUT2D eigenvalue weighted by Gasteiger charge is -2.06. The highest BCUT2D eigenvalue weighted by molar-refractivity contribution is 7.20. The highest BCUT2D eigenvalue weighted by Gasteiger charge is 2.11. The number of thiazole rings is 1. The smallest absolute Gasteiger partial charge is 0.387 e. The Morgan fingerprint density at radius 3 is 2.61 bits per heavy atom. The van der Waals surface area contributed by atoms with Gasteiger partial charge in [0.1, 0.15) is 5.75 Å². The predicted octanol–water partition coefficient (Wildman–Crippen LogP) is 3.83. The third-order valence-electron chi connectivity index (χ3n) is 3.09. The molecule has 0 bridgehead atoms. The second-order valence-corrected chi connectivity index (χ2v) is 5.72. The van der Waals surface area contributed by atoms with Gasteiger partial charge in [-0.3, -0.25) is 4.79 Å². The minimum Gasteiger partial charge on any atom is -0.435 e. The van der Waals surface area contributed by atoms with E-state index in [9.17, 15) is 13.6 Å². The van der Waals surface area contributed by atoms with Crippen LogP contribution in [0.25, 0.3) is 10.2 Å². The molecule has 0 radical (unpaired) electrons. The number of halogens is 2. The Kier molecular flexibility index (Phi) is 4.47. The third kappa shape index (κ3) is 3.81. The van der Waals surface area contributed by atoms with Crippen LogP contribution >= 0.6 is 11.3 Å². The normalized spacial score (nSPS) is 10.9. The van der Waals surface area contributed by atoms with Gasteiger partial charge in [0.25, 0.3) is 5.91 Å². The molecule has 0 aliphatic rings. The molecule has 0 aliphatic heterocycles. The van der Waals surface area contributed by atoms with Gasteiger partial charge in [0.15, 0.2) is 5.01 Å². The number of aromatic nitrogens is 1. The summed E-state index contributed by atoms with van der Waals surface area (Å²) >= 11 is 1.32. The van der Waals surface area contributed by atoms with Gasteiger partial charge in [0.2, 0.25) is 0 Å². The molecule has 3 aromatic rings. The van der Waals surface area contributed by atoms with Crippen molar-refractivity contribution in [3.63, 3.8) is 0 Å². The van der Waals surface area contributed by atoms with Crippen molar-refractivity contribution in [1.82, 2.24) is 10.3 Å². The first kappa shape index (κ1) is 15.4. The van der Waals surface area contributed by atoms with Crippen molar-refractivity contribution in [2.45, 2.75) is 13.2 Å². The number of benzene rings is 2. The van der Waals surface area contributed by atoms with Gasteiger partial charge < -0.3 is 10.1 Å². The second kappa shape index (κ2) is 6.70. The topological polar surface area (TPSA) is 51.2 Å². The van der Waals surface area contributed by atoms with E-state index in [-0.39, 0.29) is 18.2 Å². The van der Waals surface area contributed by atoms with Crippen molar-refractivity contribution in [2.24, 2.45) is 0 Å². The van der Waals surface area contributed by atoms with Crippen molar-refractivity contribution < 1.29 is 18.3 Å². The number of carbonyl (C=O) groups is 1. The summed E-state index contributed by atoms with van der Waals surface area (Å²) in [5.41, 5.74) is 1.57. The lowest BCUT2D eigenvalue weighted by atomic mass is 10.2. The van der Waals surface area contributed by atoms with Crippen LogP contribution in [0.5, 0.6) is 5.75 Å². The summed E-state index contributed by atoms with van der Waals surface area (Å²) in [5.74, 6) is -0.180. The van der Waals surface area contributed by atoms with E-state index in [1.54, 1.807) is 12.1 Å². The molecule has 0 fully saturated rings. The number of alkyl halides is 2. The van der Waals surface area contributed by atoms with Crippen LogP contribution in [0.4, 0.5) is 8.78 Å². The molecule has 0 saturated heterocycles. The van der Waals surface area contributed by atoms with E-state index in [1.165, 1.54) is 23.5 Å². The van der Waals surface area contributed by atoms with Gasteiger partial charge in [-0.15, -0.1) is 11.3 Å². The fourth-order valence-electron chi connectivity index (χ4n) is 2.02. The summed E-state index contributed by atoms with van der Waals surface area (Å²) in [6.07, 6.45) is 0. The van der Waals surface area contributed by atoms with Gasteiger partial charge in [0, 0.05) is 6.54 Å². The van der Waals surface area contributed by atoms with Gasteiger partial charge in [-0.25, -0.2) is 4.98 Å². The average molecular weight is 334 g/mol. The molecule has 7 heteroatoms. The molecular weight excluding hydrogens is 322 g/mol. The Morgan fingerprint density at radius 2 is 1.91 bits per heavy atom. The van der Waals surface area contributed by atoms with Crippen LogP contribution in [0.15, 0.2) is 48.5 Å². The molecule has 1 aromatic heterocycles. The van der Waals surface area contributed by atoms with Gasteiger partial charge in [0.05, 0.1) is 10.2 Å². The zero-order valence-electron chi connectivity index (χ0n) is 11.8. The van der Waals surface area contributed by atoms with Crippen molar-refractivity contribution in [2.75, 3.05) is 0 Å². The fraction of sp³-hybridized carbons (Fsp3) is 0.125. The van der Waals surface area contributed by atoms with E-state index in [4.69, 9.17) is 0 Å². The molecule has 2 aromatic carbocycles. The average Bonchev–Trinajstić information content (AvgIpc) is 2.97. The zero-order chi connectivity index (χ0) is 16.2. The Morgan fingerprint density at radius 1 is 1.17 bits per heavy atom. The predicted molar refractivity (Wildman–Crippen MR) is 83.9 cm³/mol. The third-order valence-corrected chi connectivity index (χ3v) is 4.12. The number of rotatable bonds is 5. The molecule has 1 heterocycles. The number of ether oxygens (including phenoxy) is 1. The molecule has 118 valence electrons. The Bertz CT molecular complexity index is 785. The van der Waals surface area contributed by atoms with Crippen LogP contribution in [0, 0.1) is 0 Å². The number of nitrogens with zero attached hydrogens (tertiary/aromatic N) is 1. The van der Waals surface area contributed by atoms with Crippen LogP contribution in [0.1, 0.15) is 15.4 Å². The van der Waals surface area contributed by atoms with Gasteiger partial charge in [-0.1, -0.05) is 24.3 Å². The monoisotopic (exact) mass is 334 g/mol. The fourth-order valence-corrected chi connectivity index (χ4v) is 2.90. The standard InChI is InChI=1S/C16H12F2N2O2S/c17-16(18)22-11-7-5-10(6-8-11)9-19-14(21)15-20-12-3-1-2-4-13(12)23-15/h1-8,16H,9H2,(H,19,21). The van der Waals surface area contributed by atoms with E-state index < -0.39 is 6.61 Å². The Hall–Kier alpha value is -2.54. The molecule has 0 aliphatic carbocycles. The first-order chi connectivity index (χ1) is 11.1. The zero-order valence-corrected chi connectivity index (χ0v) is 12.6. The maximum atomic E-state index is 12.1. The quantitative estimate of drug-likeness (QED) is 0.771. The first-order valence-electron chi connectivity index (χ1n) is 6.79. The molecule has 0 spiro atoms. The molecule has 0 saturated carbocycles. The van der Waals surface area contributed by atoms with Crippen LogP contribution in [0.2, 0.25) is 0 Å². The summed E-state index contributed by atoms with van der Waals surface area (Å²) in [5, 5.41) is 3.15. The summed E-state index contributed by atoms with van der Waals surface area (Å²) in [6, 6.07) is 13.6. The SMILES string of the molecule is O=C(NCc1ccc(OC(F)F)cc1)c1nc2ccccc2s1. The minimum atomic E-state index is -2.85. The van der Waals surface area contributed by atoms with E-state index >= 15 is 0 Å². The number of hydrogen-bond donors (Lipinski definition) is 1. The number of fused-ring (bicyclic) bond motifs is 1. The van der Waals surface area contributed by atoms with Gasteiger partial charge in [-0.05, 0) is 29.8 Å². The largest absolute Gasteiger partial charge is 0.435 e. The number of para-hydroxylation sites is 1. The molecule has 1 amide bonds. The lowest BCUT2D eigenvalue weighted by Crippen LogP contribution is -2.22. The van der Waals surface area contributed by atoms with Crippen LogP contribution < -0.4 is 10.1 Å². The van der Waals surface area contributed by atoms with E-state index in [2.05, 4.69) is 15.0 Å². The van der Waals surface area contributed by atoms with Gasteiger partial charge in [-0.2, -0.15) is 8.78 Å². The Balaban J connectivity index is 1.62. The molecule has 0 atom stereocenters. The molecular formula is C16H12F2N2O2S. The molecule has 3 rings (SSSR count). The molecule has 1 N–H and O–H groups in total. The van der Waals surface area contributed by atoms with Crippen LogP contribution in [-0.2, 0) is 6.54 Å². The maximum Gasteiger partial charge on any atom is 0.387 e. The Labute approximate surface area is 134 Å². The summed E-state index contributed by atoms with van der Waals surface area (Å²) in [6.45, 7) is -2.57.